The van der Waals surface area contributed by atoms with E-state index in [1.54, 1.807) is 6.92 Å². The normalized spacial score (nSPS) is 14.6. The Morgan fingerprint density at radius 2 is 1.74 bits per heavy atom. The van der Waals surface area contributed by atoms with Crippen molar-refractivity contribution in [3.8, 4) is 22.8 Å². The van der Waals surface area contributed by atoms with Gasteiger partial charge in [0, 0.05) is 37.8 Å². The summed E-state index contributed by atoms with van der Waals surface area (Å²) in [4.78, 5) is 17.0. The van der Waals surface area contributed by atoms with Crippen LogP contribution >= 0.6 is 0 Å². The third kappa shape index (κ3) is 5.47. The molecule has 2 aromatic carbocycles. The number of ether oxygens (including phenoxy) is 2. The van der Waals surface area contributed by atoms with E-state index in [1.807, 2.05) is 48.2 Å². The van der Waals surface area contributed by atoms with Crippen molar-refractivity contribution in [3.05, 3.63) is 65.7 Å². The van der Waals surface area contributed by atoms with Crippen LogP contribution in [-0.4, -0.2) is 59.9 Å². The van der Waals surface area contributed by atoms with Crippen LogP contribution in [0, 0.1) is 13.8 Å². The fraction of sp³-hybridized carbons (Fsp3) is 0.370. The van der Waals surface area contributed by atoms with Gasteiger partial charge in [-0.15, -0.1) is 10.2 Å². The highest BCUT2D eigenvalue weighted by molar-refractivity contribution is 5.81. The molecule has 1 aromatic heterocycles. The van der Waals surface area contributed by atoms with Gasteiger partial charge in [0.2, 0.25) is 0 Å². The molecule has 4 rings (SSSR count). The summed E-state index contributed by atoms with van der Waals surface area (Å²) in [5.74, 6) is 2.18. The average molecular weight is 461 g/mol. The van der Waals surface area contributed by atoms with Crippen LogP contribution in [0.3, 0.4) is 0 Å². The molecular weight excluding hydrogens is 428 g/mol. The molecule has 0 bridgehead atoms. The first-order valence-corrected chi connectivity index (χ1v) is 11.8. The molecule has 1 aliphatic heterocycles. The SMILES string of the molecule is CCOc1cccc(OC(C)C(=O)N2CCN(c3ccc(-c4ccc(C)cc4C)nn3)CC2)c1. The van der Waals surface area contributed by atoms with Gasteiger partial charge in [0.15, 0.2) is 11.9 Å². The predicted molar refractivity (Wildman–Crippen MR) is 133 cm³/mol. The van der Waals surface area contributed by atoms with Gasteiger partial charge >= 0.3 is 0 Å². The zero-order valence-corrected chi connectivity index (χ0v) is 20.3. The van der Waals surface area contributed by atoms with Crippen LogP contribution in [0.2, 0.25) is 0 Å². The quantitative estimate of drug-likeness (QED) is 0.524. The molecule has 1 unspecified atom stereocenters. The van der Waals surface area contributed by atoms with E-state index >= 15 is 0 Å². The van der Waals surface area contributed by atoms with Crippen molar-refractivity contribution in [1.82, 2.24) is 15.1 Å². The Balaban J connectivity index is 1.32. The third-order valence-electron chi connectivity index (χ3n) is 6.00. The maximum Gasteiger partial charge on any atom is 0.263 e. The van der Waals surface area contributed by atoms with Crippen LogP contribution in [0.4, 0.5) is 5.82 Å². The number of rotatable bonds is 7. The number of carbonyl (C=O) groups excluding carboxylic acids is 1. The number of carbonyl (C=O) groups is 1. The van der Waals surface area contributed by atoms with E-state index in [2.05, 4.69) is 47.1 Å². The standard InChI is InChI=1S/C27H32N4O3/c1-5-33-22-7-6-8-23(18-22)34-21(4)27(32)31-15-13-30(14-16-31)26-12-11-25(28-29-26)24-10-9-19(2)17-20(24)3/h6-12,17-18,21H,5,13-16H2,1-4H3. The minimum Gasteiger partial charge on any atom is -0.494 e. The monoisotopic (exact) mass is 460 g/mol. The Morgan fingerprint density at radius 3 is 2.41 bits per heavy atom. The lowest BCUT2D eigenvalue weighted by molar-refractivity contribution is -0.138. The second-order valence-electron chi connectivity index (χ2n) is 8.58. The van der Waals surface area contributed by atoms with Gasteiger partial charge in [0.1, 0.15) is 11.5 Å². The lowest BCUT2D eigenvalue weighted by Gasteiger charge is -2.36. The number of hydrogen-bond acceptors (Lipinski definition) is 6. The van der Waals surface area contributed by atoms with E-state index < -0.39 is 6.10 Å². The van der Waals surface area contributed by atoms with Crippen molar-refractivity contribution in [1.29, 1.82) is 0 Å². The smallest absolute Gasteiger partial charge is 0.263 e. The van der Waals surface area contributed by atoms with Crippen molar-refractivity contribution in [3.63, 3.8) is 0 Å². The maximum atomic E-state index is 12.9. The van der Waals surface area contributed by atoms with E-state index in [9.17, 15) is 4.79 Å². The molecule has 0 aliphatic carbocycles. The van der Waals surface area contributed by atoms with E-state index in [1.165, 1.54) is 11.1 Å². The predicted octanol–water partition coefficient (Wildman–Crippen LogP) is 4.28. The molecule has 178 valence electrons. The second-order valence-corrected chi connectivity index (χ2v) is 8.58. The van der Waals surface area contributed by atoms with Crippen molar-refractivity contribution in [2.45, 2.75) is 33.8 Å². The molecule has 0 spiro atoms. The van der Waals surface area contributed by atoms with Gasteiger partial charge in [0.05, 0.1) is 12.3 Å². The zero-order chi connectivity index (χ0) is 24.1. The summed E-state index contributed by atoms with van der Waals surface area (Å²) < 4.78 is 11.4. The van der Waals surface area contributed by atoms with Crippen LogP contribution in [0.25, 0.3) is 11.3 Å². The van der Waals surface area contributed by atoms with E-state index in [0.717, 1.165) is 22.8 Å². The van der Waals surface area contributed by atoms with Crippen LogP contribution in [-0.2, 0) is 4.79 Å². The molecule has 1 amide bonds. The van der Waals surface area contributed by atoms with E-state index in [-0.39, 0.29) is 5.91 Å². The minimum absolute atomic E-state index is 0.0160. The number of piperazine rings is 1. The molecule has 0 radical (unpaired) electrons. The number of benzene rings is 2. The highest BCUT2D eigenvalue weighted by Gasteiger charge is 2.27. The Bertz CT molecular complexity index is 1120. The summed E-state index contributed by atoms with van der Waals surface area (Å²) in [6.45, 7) is 11.1. The van der Waals surface area contributed by atoms with E-state index in [0.29, 0.717) is 38.5 Å². The molecule has 34 heavy (non-hydrogen) atoms. The molecule has 1 fully saturated rings. The number of aromatic nitrogens is 2. The Kier molecular flexibility index (Phi) is 7.30. The molecular formula is C27H32N4O3. The number of anilines is 1. The summed E-state index contributed by atoms with van der Waals surface area (Å²) in [7, 11) is 0. The number of hydrogen-bond donors (Lipinski definition) is 0. The topological polar surface area (TPSA) is 67.8 Å². The van der Waals surface area contributed by atoms with Gasteiger partial charge in [-0.2, -0.15) is 0 Å². The zero-order valence-electron chi connectivity index (χ0n) is 20.3. The summed E-state index contributed by atoms with van der Waals surface area (Å²) in [6.07, 6.45) is -0.569. The summed E-state index contributed by atoms with van der Waals surface area (Å²) in [6, 6.07) is 17.8. The molecule has 3 aromatic rings. The first-order valence-electron chi connectivity index (χ1n) is 11.8. The van der Waals surface area contributed by atoms with Crippen molar-refractivity contribution in [2.75, 3.05) is 37.7 Å². The highest BCUT2D eigenvalue weighted by atomic mass is 16.5. The Hall–Kier alpha value is -3.61. The molecule has 7 heteroatoms. The van der Waals surface area contributed by atoms with Crippen molar-refractivity contribution < 1.29 is 14.3 Å². The lowest BCUT2D eigenvalue weighted by atomic mass is 10.0. The number of amides is 1. The lowest BCUT2D eigenvalue weighted by Crippen LogP contribution is -2.52. The first-order chi connectivity index (χ1) is 16.4. The van der Waals surface area contributed by atoms with Gasteiger partial charge in [-0.3, -0.25) is 4.79 Å². The largest absolute Gasteiger partial charge is 0.494 e. The molecule has 1 saturated heterocycles. The van der Waals surface area contributed by atoms with Crippen molar-refractivity contribution >= 4 is 11.7 Å². The van der Waals surface area contributed by atoms with Crippen LogP contribution < -0.4 is 14.4 Å². The van der Waals surface area contributed by atoms with Gasteiger partial charge in [-0.1, -0.05) is 29.8 Å². The molecule has 1 aliphatic rings. The Labute approximate surface area is 201 Å². The summed E-state index contributed by atoms with van der Waals surface area (Å²) in [5.41, 5.74) is 4.39. The minimum atomic E-state index is -0.569. The molecule has 0 saturated carbocycles. The third-order valence-corrected chi connectivity index (χ3v) is 6.00. The van der Waals surface area contributed by atoms with Gasteiger partial charge < -0.3 is 19.3 Å². The highest BCUT2D eigenvalue weighted by Crippen LogP contribution is 2.24. The van der Waals surface area contributed by atoms with Gasteiger partial charge in [0.25, 0.3) is 5.91 Å². The fourth-order valence-corrected chi connectivity index (χ4v) is 4.21. The molecule has 2 heterocycles. The Morgan fingerprint density at radius 1 is 0.971 bits per heavy atom. The number of nitrogens with zero attached hydrogens (tertiary/aromatic N) is 4. The second kappa shape index (κ2) is 10.5. The van der Waals surface area contributed by atoms with Gasteiger partial charge in [-0.25, -0.2) is 0 Å². The molecule has 0 N–H and O–H groups in total. The van der Waals surface area contributed by atoms with Crippen LogP contribution in [0.1, 0.15) is 25.0 Å². The van der Waals surface area contributed by atoms with Gasteiger partial charge in [-0.05, 0) is 57.5 Å². The van der Waals surface area contributed by atoms with Crippen LogP contribution in [0.15, 0.2) is 54.6 Å². The first kappa shape index (κ1) is 23.5. The molecule has 1 atom stereocenters. The van der Waals surface area contributed by atoms with Crippen molar-refractivity contribution in [2.24, 2.45) is 0 Å². The fourth-order valence-electron chi connectivity index (χ4n) is 4.21. The molecule has 7 nitrogen and oxygen atoms in total. The number of aryl methyl sites for hydroxylation is 2. The summed E-state index contributed by atoms with van der Waals surface area (Å²) >= 11 is 0. The maximum absolute atomic E-state index is 12.9. The summed E-state index contributed by atoms with van der Waals surface area (Å²) in [5, 5.41) is 8.92. The van der Waals surface area contributed by atoms with E-state index in [4.69, 9.17) is 9.47 Å². The van der Waals surface area contributed by atoms with Crippen LogP contribution in [0.5, 0.6) is 11.5 Å². The average Bonchev–Trinajstić information content (AvgIpc) is 2.84.